The molecule has 140 valence electrons. The van der Waals surface area contributed by atoms with E-state index in [0.717, 1.165) is 22.2 Å². The van der Waals surface area contributed by atoms with E-state index in [2.05, 4.69) is 32.5 Å². The second-order valence-electron chi connectivity index (χ2n) is 7.04. The molecule has 0 spiro atoms. The summed E-state index contributed by atoms with van der Waals surface area (Å²) in [6.45, 7) is 3.92. The Bertz CT molecular complexity index is 978. The number of hydrogen-bond acceptors (Lipinski definition) is 5. The van der Waals surface area contributed by atoms with Gasteiger partial charge in [0.1, 0.15) is 0 Å². The van der Waals surface area contributed by atoms with Crippen LogP contribution in [0.1, 0.15) is 54.0 Å². The van der Waals surface area contributed by atoms with E-state index in [0.29, 0.717) is 5.78 Å². The second kappa shape index (κ2) is 7.68. The van der Waals surface area contributed by atoms with Crippen LogP contribution < -0.4 is 5.32 Å². The summed E-state index contributed by atoms with van der Waals surface area (Å²) in [5, 5.41) is 7.90. The van der Waals surface area contributed by atoms with Crippen molar-refractivity contribution < 1.29 is 4.79 Å². The van der Waals surface area contributed by atoms with Gasteiger partial charge in [0.05, 0.1) is 0 Å². The topological polar surface area (TPSA) is 72.2 Å². The number of aromatic nitrogens is 4. The third-order valence-corrected chi connectivity index (χ3v) is 6.26. The highest BCUT2D eigenvalue weighted by molar-refractivity contribution is 8.00. The van der Waals surface area contributed by atoms with Crippen LogP contribution in [0.5, 0.6) is 0 Å². The summed E-state index contributed by atoms with van der Waals surface area (Å²) >= 11 is 1.96. The Kier molecular flexibility index (Phi) is 5.11. The zero-order chi connectivity index (χ0) is 18.8. The molecule has 0 bridgehead atoms. The Balaban J connectivity index is 1.48. The van der Waals surface area contributed by atoms with Crippen LogP contribution >= 0.6 is 11.8 Å². The summed E-state index contributed by atoms with van der Waals surface area (Å²) in [5.41, 5.74) is 2.71. The van der Waals surface area contributed by atoms with Gasteiger partial charge < -0.3 is 5.32 Å². The molecule has 7 heteroatoms. The number of aryl methyl sites for hydroxylation is 2. The van der Waals surface area contributed by atoms with Gasteiger partial charge in [-0.15, -0.1) is 16.9 Å². The fraction of sp³-hybridized carbons (Fsp3) is 0.400. The van der Waals surface area contributed by atoms with E-state index in [-0.39, 0.29) is 11.7 Å². The number of amides is 1. The Hall–Kier alpha value is -2.41. The molecule has 4 rings (SSSR count). The third-order valence-electron chi connectivity index (χ3n) is 4.93. The molecule has 6 nitrogen and oxygen atoms in total. The maximum Gasteiger partial charge on any atom is 0.295 e. The van der Waals surface area contributed by atoms with E-state index in [1.54, 1.807) is 10.7 Å². The lowest BCUT2D eigenvalue weighted by Crippen LogP contribution is -2.15. The SMILES string of the molecule is Cc1cc(SC2CCCCC2)ccc1NC(=O)c1nc2nccc(C)n2n1. The molecule has 2 heterocycles. The van der Waals surface area contributed by atoms with Gasteiger partial charge in [-0.05, 0) is 56.5 Å². The molecule has 1 N–H and O–H groups in total. The van der Waals surface area contributed by atoms with E-state index in [1.165, 1.54) is 37.0 Å². The smallest absolute Gasteiger partial charge is 0.295 e. The summed E-state index contributed by atoms with van der Waals surface area (Å²) in [7, 11) is 0. The molecular weight excluding hydrogens is 358 g/mol. The van der Waals surface area contributed by atoms with Crippen molar-refractivity contribution in [3.05, 3.63) is 47.5 Å². The molecule has 0 radical (unpaired) electrons. The first kappa shape index (κ1) is 18.0. The first-order valence-electron chi connectivity index (χ1n) is 9.37. The van der Waals surface area contributed by atoms with Crippen LogP contribution in [0.25, 0.3) is 5.78 Å². The maximum absolute atomic E-state index is 12.6. The number of benzene rings is 1. The number of carbonyl (C=O) groups excluding carboxylic acids is 1. The number of thioether (sulfide) groups is 1. The average molecular weight is 382 g/mol. The molecule has 1 fully saturated rings. The van der Waals surface area contributed by atoms with Crippen LogP contribution in [0.2, 0.25) is 0 Å². The molecule has 27 heavy (non-hydrogen) atoms. The van der Waals surface area contributed by atoms with Gasteiger partial charge in [0.15, 0.2) is 0 Å². The minimum atomic E-state index is -0.323. The molecular formula is C20H23N5OS. The molecule has 1 aromatic carbocycles. The third kappa shape index (κ3) is 3.98. The lowest BCUT2D eigenvalue weighted by Gasteiger charge is -2.21. The van der Waals surface area contributed by atoms with Crippen LogP contribution in [0.4, 0.5) is 5.69 Å². The molecule has 0 unspecified atom stereocenters. The molecule has 3 aromatic rings. The van der Waals surface area contributed by atoms with E-state index in [4.69, 9.17) is 0 Å². The fourth-order valence-corrected chi connectivity index (χ4v) is 4.75. The quantitative estimate of drug-likeness (QED) is 0.724. The maximum atomic E-state index is 12.6. The largest absolute Gasteiger partial charge is 0.319 e. The predicted molar refractivity (Wildman–Crippen MR) is 107 cm³/mol. The van der Waals surface area contributed by atoms with Gasteiger partial charge in [0, 0.05) is 27.7 Å². The van der Waals surface area contributed by atoms with Crippen LogP contribution in [0.3, 0.4) is 0 Å². The molecule has 1 saturated carbocycles. The van der Waals surface area contributed by atoms with Gasteiger partial charge in [0.25, 0.3) is 11.7 Å². The molecule has 1 aliphatic carbocycles. The monoisotopic (exact) mass is 381 g/mol. The van der Waals surface area contributed by atoms with Crippen molar-refractivity contribution in [2.75, 3.05) is 5.32 Å². The van der Waals surface area contributed by atoms with E-state index in [9.17, 15) is 4.79 Å². The standard InChI is InChI=1S/C20H23N5OS/c1-13-12-16(27-15-6-4-3-5-7-15)8-9-17(13)22-19(26)18-23-20-21-11-10-14(2)25(20)24-18/h8-12,15H,3-7H2,1-2H3,(H,22,26). The fourth-order valence-electron chi connectivity index (χ4n) is 3.41. The summed E-state index contributed by atoms with van der Waals surface area (Å²) in [5.74, 6) is 0.226. The Labute approximate surface area is 162 Å². The zero-order valence-electron chi connectivity index (χ0n) is 15.6. The van der Waals surface area contributed by atoms with Gasteiger partial charge in [-0.2, -0.15) is 4.98 Å². The molecule has 0 aliphatic heterocycles. The van der Waals surface area contributed by atoms with Gasteiger partial charge in [-0.25, -0.2) is 9.50 Å². The normalized spacial score (nSPS) is 15.2. The zero-order valence-corrected chi connectivity index (χ0v) is 16.4. The van der Waals surface area contributed by atoms with E-state index < -0.39 is 0 Å². The molecule has 1 aliphatic rings. The minimum Gasteiger partial charge on any atom is -0.319 e. The van der Waals surface area contributed by atoms with Crippen molar-refractivity contribution >= 4 is 29.1 Å². The summed E-state index contributed by atoms with van der Waals surface area (Å²) in [6.07, 6.45) is 8.31. The second-order valence-corrected chi connectivity index (χ2v) is 8.42. The molecule has 0 atom stereocenters. The number of nitrogens with one attached hydrogen (secondary N) is 1. The predicted octanol–water partition coefficient (Wildman–Crippen LogP) is 4.42. The Morgan fingerprint density at radius 3 is 2.74 bits per heavy atom. The van der Waals surface area contributed by atoms with Crippen LogP contribution in [0.15, 0.2) is 35.4 Å². The van der Waals surface area contributed by atoms with Gasteiger partial charge in [0.2, 0.25) is 5.82 Å². The van der Waals surface area contributed by atoms with Crippen molar-refractivity contribution in [1.29, 1.82) is 0 Å². The number of anilines is 1. The lowest BCUT2D eigenvalue weighted by molar-refractivity contribution is 0.101. The number of fused-ring (bicyclic) bond motifs is 1. The Morgan fingerprint density at radius 1 is 1.19 bits per heavy atom. The lowest BCUT2D eigenvalue weighted by atomic mass is 10.0. The summed E-state index contributed by atoms with van der Waals surface area (Å²) in [4.78, 5) is 22.2. The van der Waals surface area contributed by atoms with Crippen LogP contribution in [0, 0.1) is 13.8 Å². The van der Waals surface area contributed by atoms with Crippen molar-refractivity contribution in [2.24, 2.45) is 0 Å². The van der Waals surface area contributed by atoms with Crippen molar-refractivity contribution in [3.63, 3.8) is 0 Å². The average Bonchev–Trinajstić information content (AvgIpc) is 3.11. The van der Waals surface area contributed by atoms with Crippen LogP contribution in [-0.2, 0) is 0 Å². The number of nitrogens with zero attached hydrogens (tertiary/aromatic N) is 4. The molecule has 2 aromatic heterocycles. The number of rotatable bonds is 4. The highest BCUT2D eigenvalue weighted by Crippen LogP contribution is 2.34. The van der Waals surface area contributed by atoms with E-state index >= 15 is 0 Å². The van der Waals surface area contributed by atoms with Crippen molar-refractivity contribution in [3.8, 4) is 0 Å². The van der Waals surface area contributed by atoms with E-state index in [1.807, 2.05) is 37.7 Å². The molecule has 1 amide bonds. The summed E-state index contributed by atoms with van der Waals surface area (Å²) < 4.78 is 1.58. The van der Waals surface area contributed by atoms with Gasteiger partial charge in [-0.3, -0.25) is 4.79 Å². The minimum absolute atomic E-state index is 0.122. The van der Waals surface area contributed by atoms with Crippen LogP contribution in [-0.4, -0.2) is 30.7 Å². The summed E-state index contributed by atoms with van der Waals surface area (Å²) in [6, 6.07) is 8.04. The van der Waals surface area contributed by atoms with Gasteiger partial charge >= 0.3 is 0 Å². The highest BCUT2D eigenvalue weighted by Gasteiger charge is 2.17. The highest BCUT2D eigenvalue weighted by atomic mass is 32.2. The number of carbonyl (C=O) groups is 1. The first-order valence-corrected chi connectivity index (χ1v) is 10.2. The first-order chi connectivity index (χ1) is 13.1. The van der Waals surface area contributed by atoms with Crippen molar-refractivity contribution in [1.82, 2.24) is 19.6 Å². The molecule has 0 saturated heterocycles. The Morgan fingerprint density at radius 2 is 2.00 bits per heavy atom. The number of hydrogen-bond donors (Lipinski definition) is 1. The van der Waals surface area contributed by atoms with Crippen molar-refractivity contribution in [2.45, 2.75) is 56.1 Å². The van der Waals surface area contributed by atoms with Gasteiger partial charge in [-0.1, -0.05) is 19.3 Å².